The van der Waals surface area contributed by atoms with Gasteiger partial charge in [-0.2, -0.15) is 0 Å². The fourth-order valence-electron chi connectivity index (χ4n) is 6.11. The van der Waals surface area contributed by atoms with Gasteiger partial charge in [-0.3, -0.25) is 0 Å². The van der Waals surface area contributed by atoms with Gasteiger partial charge in [0.25, 0.3) is 0 Å². The third-order valence-electron chi connectivity index (χ3n) is 7.57. The number of hydrogen-bond donors (Lipinski definition) is 0. The first-order valence-electron chi connectivity index (χ1n) is 10.2. The Balaban J connectivity index is 2.40. The summed E-state index contributed by atoms with van der Waals surface area (Å²) in [6, 6.07) is 0. The molecule has 0 aromatic carbocycles. The zero-order valence-corrected chi connectivity index (χ0v) is 23.3. The molecule has 0 fully saturated rings. The molecule has 0 bridgehead atoms. The summed E-state index contributed by atoms with van der Waals surface area (Å²) in [6.45, 7) is 14.8. The van der Waals surface area contributed by atoms with Crippen LogP contribution in [0.15, 0.2) is 34.9 Å². The Labute approximate surface area is 177 Å². The van der Waals surface area contributed by atoms with E-state index in [9.17, 15) is 0 Å². The van der Waals surface area contributed by atoms with Crippen molar-refractivity contribution in [2.24, 2.45) is 17.3 Å². The van der Waals surface area contributed by atoms with Crippen molar-refractivity contribution in [3.63, 3.8) is 0 Å². The predicted molar refractivity (Wildman–Crippen MR) is 116 cm³/mol. The molecule has 4 heteroatoms. The summed E-state index contributed by atoms with van der Waals surface area (Å²) >= 11 is -2.89. The van der Waals surface area contributed by atoms with E-state index in [1.165, 1.54) is 19.3 Å². The molecule has 0 N–H and O–H groups in total. The van der Waals surface area contributed by atoms with Crippen molar-refractivity contribution in [2.45, 2.75) is 76.1 Å². The Hall–Kier alpha value is 0.757. The Morgan fingerprint density at radius 1 is 1.27 bits per heavy atom. The zero-order chi connectivity index (χ0) is 19.3. The van der Waals surface area contributed by atoms with E-state index in [4.69, 9.17) is 17.2 Å². The number of halogens is 2. The van der Waals surface area contributed by atoms with Crippen molar-refractivity contribution in [1.82, 2.24) is 0 Å². The molecule has 0 nitrogen and oxygen atoms in total. The second kappa shape index (κ2) is 7.88. The average molecular weight is 575 g/mol. The van der Waals surface area contributed by atoms with Crippen molar-refractivity contribution in [3.8, 4) is 0 Å². The van der Waals surface area contributed by atoms with Gasteiger partial charge in [0.15, 0.2) is 0 Å². The summed E-state index contributed by atoms with van der Waals surface area (Å²) in [5, 5.41) is 1.79. The second-order valence-corrected chi connectivity index (χ2v) is 23.8. The van der Waals surface area contributed by atoms with Crippen molar-refractivity contribution < 1.29 is 19.1 Å². The first-order chi connectivity index (χ1) is 12.2. The molecular formula is C22H33Cl2HfSi. The first kappa shape index (κ1) is 21.5. The van der Waals surface area contributed by atoms with E-state index in [-0.39, 0.29) is 8.59 Å². The van der Waals surface area contributed by atoms with Crippen LogP contribution < -0.4 is 0 Å². The molecule has 0 aromatic heterocycles. The molecule has 0 heterocycles. The van der Waals surface area contributed by atoms with E-state index in [0.717, 1.165) is 18.8 Å². The van der Waals surface area contributed by atoms with Crippen LogP contribution in [0.5, 0.6) is 0 Å². The van der Waals surface area contributed by atoms with Gasteiger partial charge in [-0.25, -0.2) is 0 Å². The van der Waals surface area contributed by atoms with Crippen LogP contribution in [0.4, 0.5) is 0 Å². The molecule has 0 spiro atoms. The average Bonchev–Trinajstić information content (AvgIpc) is 3.14. The van der Waals surface area contributed by atoms with Crippen LogP contribution in [-0.2, 0) is 19.1 Å². The van der Waals surface area contributed by atoms with Crippen molar-refractivity contribution >= 4 is 30.7 Å². The molecule has 0 saturated carbocycles. The van der Waals surface area contributed by atoms with Crippen molar-refractivity contribution in [3.05, 3.63) is 34.9 Å². The fourth-order valence-corrected chi connectivity index (χ4v) is 22.1. The molecule has 0 radical (unpaired) electrons. The maximum absolute atomic E-state index is 7.18. The van der Waals surface area contributed by atoms with Gasteiger partial charge in [0.05, 0.1) is 0 Å². The third-order valence-corrected chi connectivity index (χ3v) is 20.3. The van der Waals surface area contributed by atoms with E-state index < -0.39 is 27.5 Å². The van der Waals surface area contributed by atoms with Crippen LogP contribution >= 0.6 is 17.2 Å². The van der Waals surface area contributed by atoms with E-state index in [0.29, 0.717) is 5.92 Å². The Kier molecular flexibility index (Phi) is 6.51. The number of rotatable bonds is 3. The van der Waals surface area contributed by atoms with Crippen molar-refractivity contribution in [1.29, 1.82) is 0 Å². The van der Waals surface area contributed by atoms with Crippen LogP contribution in [0, 0.1) is 17.3 Å². The van der Waals surface area contributed by atoms with Gasteiger partial charge in [-0.1, -0.05) is 0 Å². The van der Waals surface area contributed by atoms with Crippen molar-refractivity contribution in [2.75, 3.05) is 0 Å². The summed E-state index contributed by atoms with van der Waals surface area (Å²) in [6.07, 6.45) is 12.9. The predicted octanol–water partition coefficient (Wildman–Crippen LogP) is 7.65. The molecule has 4 unspecified atom stereocenters. The summed E-state index contributed by atoms with van der Waals surface area (Å²) < 4.78 is -0.00997. The maximum atomic E-state index is 7.18. The van der Waals surface area contributed by atoms with E-state index in [2.05, 4.69) is 59.0 Å². The van der Waals surface area contributed by atoms with E-state index in [1.807, 2.05) is 0 Å². The van der Waals surface area contributed by atoms with Crippen LogP contribution in [0.1, 0.15) is 59.8 Å². The van der Waals surface area contributed by atoms with Gasteiger partial charge in [-0.05, 0) is 0 Å². The normalized spacial score (nSPS) is 36.9. The van der Waals surface area contributed by atoms with Gasteiger partial charge in [-0.15, -0.1) is 0 Å². The molecule has 3 aliphatic carbocycles. The van der Waals surface area contributed by atoms with Crippen LogP contribution in [0.25, 0.3) is 0 Å². The summed E-state index contributed by atoms with van der Waals surface area (Å²) in [4.78, 5) is 0. The first-order valence-corrected chi connectivity index (χ1v) is 23.4. The number of allylic oxidation sites excluding steroid dienone is 6. The molecule has 0 aromatic rings. The van der Waals surface area contributed by atoms with Gasteiger partial charge >= 0.3 is 178 Å². The zero-order valence-electron chi connectivity index (χ0n) is 17.2. The Morgan fingerprint density at radius 2 is 1.96 bits per heavy atom. The molecule has 0 amide bonds. The van der Waals surface area contributed by atoms with Crippen LogP contribution in [-0.4, -0.2) is 13.6 Å². The molecule has 26 heavy (non-hydrogen) atoms. The molecule has 0 saturated heterocycles. The second-order valence-electron chi connectivity index (χ2n) is 8.95. The SMILES string of the molecule is CCC1(C)C(=[Si](C)C)C2=C(CCCC(C)C2C)[C]1(C1=CC=CC1)[Hf]([Cl])[Cl]. The van der Waals surface area contributed by atoms with Gasteiger partial charge in [0.2, 0.25) is 0 Å². The third kappa shape index (κ3) is 2.87. The Bertz CT molecular complexity index is 714. The van der Waals surface area contributed by atoms with E-state index >= 15 is 0 Å². The number of hydrogen-bond acceptors (Lipinski definition) is 0. The fraction of sp³-hybridized carbons (Fsp3) is 0.682. The quantitative estimate of drug-likeness (QED) is 0.304. The summed E-state index contributed by atoms with van der Waals surface area (Å²) in [5.41, 5.74) is 5.10. The molecule has 0 aliphatic heterocycles. The molecular weight excluding hydrogens is 542 g/mol. The van der Waals surface area contributed by atoms with Crippen LogP contribution in [0.2, 0.25) is 16.3 Å². The van der Waals surface area contributed by atoms with E-state index in [1.54, 1.807) is 21.9 Å². The molecule has 4 atom stereocenters. The van der Waals surface area contributed by atoms with Gasteiger partial charge in [0, 0.05) is 0 Å². The summed E-state index contributed by atoms with van der Waals surface area (Å²) in [7, 11) is 13.8. The monoisotopic (exact) mass is 575 g/mol. The minimum absolute atomic E-state index is 0.00997. The van der Waals surface area contributed by atoms with Gasteiger partial charge < -0.3 is 0 Å². The molecule has 143 valence electrons. The minimum atomic E-state index is -2.89. The molecule has 3 aliphatic rings. The standard InChI is InChI=1S/C22H33Si.2ClH.Hf/c1-7-22(4)20(17-12-8-9-13-17)18-14-10-11-15(2)16(3)19(18)21(22)23(5)6;;;/h8-9,12,15-16H,7,10-11,13-14H2,1-6H3;2*1H;/q;;;+2/p-2. The summed E-state index contributed by atoms with van der Waals surface area (Å²) in [5.74, 6) is 1.40. The molecule has 3 rings (SSSR count). The topological polar surface area (TPSA) is 0 Å². The van der Waals surface area contributed by atoms with Gasteiger partial charge in [0.1, 0.15) is 0 Å². The Morgan fingerprint density at radius 3 is 2.46 bits per heavy atom. The van der Waals surface area contributed by atoms with Crippen LogP contribution in [0.3, 0.4) is 0 Å².